The van der Waals surface area contributed by atoms with Crippen molar-refractivity contribution >= 4 is 39.5 Å². The molecule has 0 amide bonds. The largest absolute Gasteiger partial charge is 0.339 e. The molecule has 0 bridgehead atoms. The van der Waals surface area contributed by atoms with Crippen molar-refractivity contribution in [2.45, 2.75) is 0 Å². The van der Waals surface area contributed by atoms with E-state index in [1.165, 1.54) is 0 Å². The molecular formula is C23H16ClN3. The number of benzene rings is 3. The molecule has 0 saturated heterocycles. The maximum absolute atomic E-state index is 6.50. The van der Waals surface area contributed by atoms with Crippen LogP contribution in [-0.2, 0) is 0 Å². The van der Waals surface area contributed by atoms with Gasteiger partial charge in [-0.05, 0) is 29.7 Å². The van der Waals surface area contributed by atoms with Crippen LogP contribution in [0.2, 0.25) is 5.02 Å². The molecule has 4 heteroatoms. The fraction of sp³-hybridized carbons (Fsp3) is 0. The van der Waals surface area contributed by atoms with Crippen LogP contribution in [0.15, 0.2) is 91.1 Å². The zero-order chi connectivity index (χ0) is 18.2. The number of para-hydroxylation sites is 1. The van der Waals surface area contributed by atoms with Gasteiger partial charge in [0.2, 0.25) is 0 Å². The third kappa shape index (κ3) is 2.73. The van der Waals surface area contributed by atoms with Gasteiger partial charge >= 0.3 is 0 Å². The Morgan fingerprint density at radius 2 is 1.52 bits per heavy atom. The third-order valence-electron chi connectivity index (χ3n) is 4.68. The van der Waals surface area contributed by atoms with Crippen LogP contribution in [0, 0.1) is 0 Å². The average molecular weight is 370 g/mol. The number of fused-ring (bicyclic) bond motifs is 3. The lowest BCUT2D eigenvalue weighted by Crippen LogP contribution is -1.97. The van der Waals surface area contributed by atoms with E-state index in [2.05, 4.69) is 34.1 Å². The molecule has 0 saturated carbocycles. The van der Waals surface area contributed by atoms with Gasteiger partial charge in [0.25, 0.3) is 0 Å². The van der Waals surface area contributed by atoms with Crippen molar-refractivity contribution in [3.8, 4) is 11.3 Å². The van der Waals surface area contributed by atoms with Gasteiger partial charge in [0.15, 0.2) is 0 Å². The summed E-state index contributed by atoms with van der Waals surface area (Å²) in [6, 6.07) is 28.3. The summed E-state index contributed by atoms with van der Waals surface area (Å²) in [4.78, 5) is 4.98. The number of nitrogens with zero attached hydrogens (tertiary/aromatic N) is 2. The molecule has 2 aromatic heterocycles. The van der Waals surface area contributed by atoms with Crippen molar-refractivity contribution in [3.63, 3.8) is 0 Å². The molecule has 1 N–H and O–H groups in total. The summed E-state index contributed by atoms with van der Waals surface area (Å²) in [6.07, 6.45) is 2.05. The molecule has 3 nitrogen and oxygen atoms in total. The summed E-state index contributed by atoms with van der Waals surface area (Å²) in [5.41, 5.74) is 3.65. The second kappa shape index (κ2) is 6.45. The highest BCUT2D eigenvalue weighted by Gasteiger charge is 2.18. The van der Waals surface area contributed by atoms with Crippen molar-refractivity contribution in [2.24, 2.45) is 0 Å². The summed E-state index contributed by atoms with van der Waals surface area (Å²) in [5, 5.41) is 6.47. The van der Waals surface area contributed by atoms with Gasteiger partial charge in [-0.15, -0.1) is 0 Å². The lowest BCUT2D eigenvalue weighted by molar-refractivity contribution is 1.20. The van der Waals surface area contributed by atoms with Gasteiger partial charge in [0.05, 0.1) is 5.02 Å². The second-order valence-electron chi connectivity index (χ2n) is 6.38. The molecule has 5 aromatic rings. The van der Waals surface area contributed by atoms with Crippen LogP contribution in [0.4, 0.5) is 11.5 Å². The van der Waals surface area contributed by atoms with E-state index < -0.39 is 0 Å². The van der Waals surface area contributed by atoms with Crippen LogP contribution >= 0.6 is 11.6 Å². The first-order chi connectivity index (χ1) is 13.3. The van der Waals surface area contributed by atoms with E-state index in [9.17, 15) is 0 Å². The number of hydrogen-bond acceptors (Lipinski definition) is 2. The molecule has 130 valence electrons. The van der Waals surface area contributed by atoms with Gasteiger partial charge in [-0.1, -0.05) is 72.3 Å². The van der Waals surface area contributed by atoms with E-state index in [1.54, 1.807) is 0 Å². The van der Waals surface area contributed by atoms with Crippen LogP contribution in [0.25, 0.3) is 27.7 Å². The Balaban J connectivity index is 1.82. The van der Waals surface area contributed by atoms with Crippen LogP contribution in [-0.4, -0.2) is 9.38 Å². The lowest BCUT2D eigenvalue weighted by atomic mass is 10.1. The Kier molecular flexibility index (Phi) is 3.80. The van der Waals surface area contributed by atoms with Crippen LogP contribution in [0.3, 0.4) is 0 Å². The standard InChI is InChI=1S/C23H16ClN3/c24-20-13-7-6-12-19(20)21-23(25-17-9-2-1-3-10-17)27-15-14-16-8-4-5-11-18(16)22(27)26-21/h1-15,25H. The van der Waals surface area contributed by atoms with Gasteiger partial charge < -0.3 is 5.32 Å². The molecule has 0 aliphatic carbocycles. The number of rotatable bonds is 3. The summed E-state index contributed by atoms with van der Waals surface area (Å²) in [6.45, 7) is 0. The van der Waals surface area contributed by atoms with Crippen molar-refractivity contribution in [1.29, 1.82) is 0 Å². The molecule has 0 fully saturated rings. The number of anilines is 2. The van der Waals surface area contributed by atoms with E-state index in [-0.39, 0.29) is 0 Å². The molecule has 2 heterocycles. The second-order valence-corrected chi connectivity index (χ2v) is 6.78. The monoisotopic (exact) mass is 369 g/mol. The predicted molar refractivity (Wildman–Crippen MR) is 113 cm³/mol. The van der Waals surface area contributed by atoms with Gasteiger partial charge in [0, 0.05) is 22.8 Å². The molecule has 0 aliphatic rings. The summed E-state index contributed by atoms with van der Waals surface area (Å²) in [7, 11) is 0. The summed E-state index contributed by atoms with van der Waals surface area (Å²) in [5.74, 6) is 0.898. The number of halogens is 1. The van der Waals surface area contributed by atoms with E-state index >= 15 is 0 Å². The molecule has 0 aliphatic heterocycles. The fourth-order valence-corrected chi connectivity index (χ4v) is 3.61. The molecule has 3 aromatic carbocycles. The van der Waals surface area contributed by atoms with Gasteiger partial charge in [-0.25, -0.2) is 4.98 Å². The minimum Gasteiger partial charge on any atom is -0.339 e. The Morgan fingerprint density at radius 1 is 0.778 bits per heavy atom. The number of imidazole rings is 1. The highest BCUT2D eigenvalue weighted by atomic mass is 35.5. The van der Waals surface area contributed by atoms with Crippen molar-refractivity contribution < 1.29 is 0 Å². The molecular weight excluding hydrogens is 354 g/mol. The number of aromatic nitrogens is 2. The van der Waals surface area contributed by atoms with Crippen molar-refractivity contribution in [2.75, 3.05) is 5.32 Å². The molecule has 27 heavy (non-hydrogen) atoms. The SMILES string of the molecule is Clc1ccccc1-c1nc2c3ccccc3ccn2c1Nc1ccccc1. The van der Waals surface area contributed by atoms with Crippen LogP contribution in [0.5, 0.6) is 0 Å². The quantitative estimate of drug-likeness (QED) is 0.390. The Bertz CT molecular complexity index is 1260. The smallest absolute Gasteiger partial charge is 0.147 e. The number of pyridine rings is 1. The Morgan fingerprint density at radius 3 is 2.37 bits per heavy atom. The predicted octanol–water partition coefficient (Wildman–Crippen LogP) is 6.55. The molecule has 0 unspecified atom stereocenters. The Hall–Kier alpha value is -3.30. The van der Waals surface area contributed by atoms with E-state index in [4.69, 9.17) is 16.6 Å². The van der Waals surface area contributed by atoms with Crippen molar-refractivity contribution in [1.82, 2.24) is 9.38 Å². The van der Waals surface area contributed by atoms with E-state index in [0.717, 1.165) is 39.2 Å². The zero-order valence-corrected chi connectivity index (χ0v) is 15.2. The number of nitrogens with one attached hydrogen (secondary N) is 1. The lowest BCUT2D eigenvalue weighted by Gasteiger charge is -2.10. The van der Waals surface area contributed by atoms with Crippen LogP contribution < -0.4 is 5.32 Å². The maximum atomic E-state index is 6.50. The minimum absolute atomic E-state index is 0.682. The molecule has 0 radical (unpaired) electrons. The molecule has 0 atom stereocenters. The van der Waals surface area contributed by atoms with Crippen molar-refractivity contribution in [3.05, 3.63) is 96.1 Å². The first kappa shape index (κ1) is 15.9. The van der Waals surface area contributed by atoms with Gasteiger partial charge in [0.1, 0.15) is 17.2 Å². The fourth-order valence-electron chi connectivity index (χ4n) is 3.39. The van der Waals surface area contributed by atoms with Crippen LogP contribution in [0.1, 0.15) is 0 Å². The molecule has 5 rings (SSSR count). The minimum atomic E-state index is 0.682. The van der Waals surface area contributed by atoms with E-state index in [0.29, 0.717) is 5.02 Å². The maximum Gasteiger partial charge on any atom is 0.147 e. The highest BCUT2D eigenvalue weighted by Crippen LogP contribution is 2.36. The first-order valence-corrected chi connectivity index (χ1v) is 9.16. The average Bonchev–Trinajstić information content (AvgIpc) is 3.08. The first-order valence-electron chi connectivity index (χ1n) is 8.78. The summed E-state index contributed by atoms with van der Waals surface area (Å²) < 4.78 is 2.09. The third-order valence-corrected chi connectivity index (χ3v) is 5.01. The molecule has 0 spiro atoms. The Labute approximate surface area is 161 Å². The van der Waals surface area contributed by atoms with Gasteiger partial charge in [-0.3, -0.25) is 4.40 Å². The number of hydrogen-bond donors (Lipinski definition) is 1. The summed E-state index contributed by atoms with van der Waals surface area (Å²) >= 11 is 6.50. The van der Waals surface area contributed by atoms with E-state index in [1.807, 2.05) is 66.7 Å². The normalized spacial score (nSPS) is 11.1. The van der Waals surface area contributed by atoms with Gasteiger partial charge in [-0.2, -0.15) is 0 Å². The zero-order valence-electron chi connectivity index (χ0n) is 14.4. The highest BCUT2D eigenvalue weighted by molar-refractivity contribution is 6.33. The topological polar surface area (TPSA) is 29.3 Å².